The van der Waals surface area contributed by atoms with E-state index in [2.05, 4.69) is 50.0 Å². The van der Waals surface area contributed by atoms with Crippen molar-refractivity contribution in [3.63, 3.8) is 0 Å². The molecule has 4 bridgehead atoms. The number of thiocarbonyl (C=S) groups is 1. The summed E-state index contributed by atoms with van der Waals surface area (Å²) in [5, 5.41) is 12.8. The molecule has 0 spiro atoms. The Kier molecular flexibility index (Phi) is 13.9. The van der Waals surface area contributed by atoms with Crippen LogP contribution in [-0.4, -0.2) is 77.9 Å². The standard InChI is InChI=1S/C30H41N7S.Eu/c1-20-27-7-5-9-29(36-27)22(3)33-18-26(17-24-11-13-25(14-12-24)34-19-38)35-23(4)30-10-6-8-28(37-30)21(2)32-16-15-31-20;/h11-14,26-30H,5-10,15-18H2,1-4H3;/q-2;+2/t26-,27?,28?,29?,30?;/m0./s1. The topological polar surface area (TPSA) is 90.0 Å². The van der Waals surface area contributed by atoms with Crippen molar-refractivity contribution in [2.75, 3.05) is 19.6 Å². The number of benzene rings is 1. The summed E-state index contributed by atoms with van der Waals surface area (Å²) in [5.41, 5.74) is 6.48. The monoisotopic (exact) mass is 684 g/mol. The van der Waals surface area contributed by atoms with Gasteiger partial charge < -0.3 is 10.6 Å². The molecule has 0 aliphatic carbocycles. The minimum absolute atomic E-state index is 0. The minimum Gasteiger partial charge on any atom is -0.647 e. The van der Waals surface area contributed by atoms with Crippen molar-refractivity contribution in [2.24, 2.45) is 25.0 Å². The molecule has 4 unspecified atom stereocenters. The first-order chi connectivity index (χ1) is 18.4. The van der Waals surface area contributed by atoms with Gasteiger partial charge in [0.1, 0.15) is 0 Å². The number of piperidine rings is 2. The largest absolute Gasteiger partial charge is 2.00 e. The van der Waals surface area contributed by atoms with Gasteiger partial charge in [0, 0.05) is 0 Å². The maximum Gasteiger partial charge on any atom is 2.00 e. The zero-order valence-electron chi connectivity index (χ0n) is 23.7. The van der Waals surface area contributed by atoms with Gasteiger partial charge in [-0.25, -0.2) is 0 Å². The third-order valence-electron chi connectivity index (χ3n) is 7.90. The van der Waals surface area contributed by atoms with E-state index in [0.29, 0.717) is 19.6 Å². The SMILES string of the molecule is CC1=NCCN=C(C)C2CCCC([N-]2)C(C)=N[C@@H](Cc2ccc(N=C=S)cc2)CN=C(C)C2CCCC1[N-]2.[Eu+2]. The maximum absolute atomic E-state index is 5.24. The van der Waals surface area contributed by atoms with Crippen LogP contribution in [0.5, 0.6) is 0 Å². The van der Waals surface area contributed by atoms with Gasteiger partial charge in [-0.3, -0.25) is 20.0 Å². The summed E-state index contributed by atoms with van der Waals surface area (Å²) < 4.78 is 0. The molecule has 1 radical (unpaired) electrons. The molecule has 1 aromatic rings. The summed E-state index contributed by atoms with van der Waals surface area (Å²) in [6.07, 6.45) is 7.33. The smallest absolute Gasteiger partial charge is 0.647 e. The normalized spacial score (nSPS) is 28.7. The minimum atomic E-state index is 0. The predicted octanol–water partition coefficient (Wildman–Crippen LogP) is 6.78. The number of isothiocyanates is 1. The molecule has 0 N–H and O–H groups in total. The van der Waals surface area contributed by atoms with E-state index in [0.717, 1.165) is 73.5 Å². The van der Waals surface area contributed by atoms with Crippen LogP contribution in [0.15, 0.2) is 49.2 Å². The first kappa shape index (κ1) is 32.7. The number of fused-ring (bicyclic) bond motifs is 4. The van der Waals surface area contributed by atoms with Crippen molar-refractivity contribution in [1.82, 2.24) is 0 Å². The molecule has 5 atom stereocenters. The number of nitrogens with zero attached hydrogens (tertiary/aromatic N) is 7. The van der Waals surface area contributed by atoms with E-state index >= 15 is 0 Å². The molecule has 9 heteroatoms. The van der Waals surface area contributed by atoms with Crippen molar-refractivity contribution in [3.05, 3.63) is 40.5 Å². The van der Waals surface area contributed by atoms with E-state index < -0.39 is 0 Å². The molecule has 4 rings (SSSR count). The van der Waals surface area contributed by atoms with E-state index in [-0.39, 0.29) is 79.6 Å². The summed E-state index contributed by atoms with van der Waals surface area (Å²) in [4.78, 5) is 24.1. The average molecular weight is 684 g/mol. The molecule has 3 heterocycles. The Bertz CT molecular complexity index is 1120. The van der Waals surface area contributed by atoms with E-state index in [1.54, 1.807) is 0 Å². The zero-order valence-corrected chi connectivity index (χ0v) is 26.9. The van der Waals surface area contributed by atoms with E-state index in [4.69, 9.17) is 42.8 Å². The van der Waals surface area contributed by atoms with E-state index in [9.17, 15) is 0 Å². The molecule has 0 amide bonds. The second-order valence-corrected chi connectivity index (χ2v) is 10.9. The van der Waals surface area contributed by atoms with Gasteiger partial charge in [-0.2, -0.15) is 4.99 Å². The fraction of sp³-hybridized carbons (Fsp3) is 0.633. The molecule has 7 nitrogen and oxygen atoms in total. The summed E-state index contributed by atoms with van der Waals surface area (Å²) in [6, 6.07) is 8.85. The Morgan fingerprint density at radius 3 is 1.77 bits per heavy atom. The predicted molar refractivity (Wildman–Crippen MR) is 165 cm³/mol. The molecule has 2 fully saturated rings. The summed E-state index contributed by atoms with van der Waals surface area (Å²) >= 11 is 4.74. The number of rotatable bonds is 3. The fourth-order valence-corrected chi connectivity index (χ4v) is 5.69. The Labute approximate surface area is 280 Å². The third-order valence-corrected chi connectivity index (χ3v) is 7.99. The van der Waals surface area contributed by atoms with Gasteiger partial charge in [-0.1, -0.05) is 74.8 Å². The zero-order chi connectivity index (χ0) is 26.9. The van der Waals surface area contributed by atoms with Crippen LogP contribution in [0.4, 0.5) is 5.69 Å². The average Bonchev–Trinajstić information content (AvgIpc) is 2.94. The summed E-state index contributed by atoms with van der Waals surface area (Å²) in [6.45, 7) is 10.6. The van der Waals surface area contributed by atoms with E-state index in [1.165, 1.54) is 5.56 Å². The number of hydrogen-bond acceptors (Lipinski definition) is 6. The Morgan fingerprint density at radius 1 is 0.769 bits per heavy atom. The van der Waals surface area contributed by atoms with Crippen LogP contribution in [0.1, 0.15) is 71.8 Å². The molecule has 39 heavy (non-hydrogen) atoms. The van der Waals surface area contributed by atoms with E-state index in [1.807, 2.05) is 12.1 Å². The Balaban J connectivity index is 0.00000420. The van der Waals surface area contributed by atoms with Crippen LogP contribution in [0.2, 0.25) is 0 Å². The van der Waals surface area contributed by atoms with Crippen LogP contribution in [0, 0.1) is 49.4 Å². The number of hydrogen-bond donors (Lipinski definition) is 0. The Morgan fingerprint density at radius 2 is 1.26 bits per heavy atom. The molecular weight excluding hydrogens is 642 g/mol. The van der Waals surface area contributed by atoms with Gasteiger partial charge >= 0.3 is 49.4 Å². The van der Waals surface area contributed by atoms with Gasteiger partial charge in [-0.05, 0) is 86.9 Å². The molecule has 3 aliphatic heterocycles. The van der Waals surface area contributed by atoms with Gasteiger partial charge in [-0.15, -0.1) is 0 Å². The van der Waals surface area contributed by atoms with Crippen LogP contribution < -0.4 is 0 Å². The third kappa shape index (κ3) is 9.91. The van der Waals surface area contributed by atoms with Crippen molar-refractivity contribution in [3.8, 4) is 0 Å². The van der Waals surface area contributed by atoms with Crippen molar-refractivity contribution >= 4 is 45.9 Å². The van der Waals surface area contributed by atoms with Crippen molar-refractivity contribution < 1.29 is 49.4 Å². The fourth-order valence-electron chi connectivity index (χ4n) is 5.58. The molecule has 0 aromatic heterocycles. The summed E-state index contributed by atoms with van der Waals surface area (Å²) in [7, 11) is 0. The van der Waals surface area contributed by atoms with Gasteiger partial charge in [0.25, 0.3) is 0 Å². The molecule has 209 valence electrons. The molecule has 1 aromatic carbocycles. The quantitative estimate of drug-likeness (QED) is 0.255. The van der Waals surface area contributed by atoms with Gasteiger partial charge in [0.2, 0.25) is 0 Å². The van der Waals surface area contributed by atoms with Gasteiger partial charge in [0.15, 0.2) is 0 Å². The molecular formula is C30H41EuN7S. The van der Waals surface area contributed by atoms with Gasteiger partial charge in [0.05, 0.1) is 36.5 Å². The second-order valence-electron chi connectivity index (χ2n) is 10.7. The van der Waals surface area contributed by atoms with Crippen LogP contribution in [-0.2, 0) is 6.42 Å². The molecule has 0 saturated carbocycles. The van der Waals surface area contributed by atoms with Crippen molar-refractivity contribution in [2.45, 2.75) is 103 Å². The first-order valence-corrected chi connectivity index (χ1v) is 14.5. The maximum atomic E-state index is 5.24. The first-order valence-electron chi connectivity index (χ1n) is 14.1. The van der Waals surface area contributed by atoms with Crippen molar-refractivity contribution in [1.29, 1.82) is 0 Å². The molecule has 3 aliphatic rings. The van der Waals surface area contributed by atoms with Crippen LogP contribution in [0.3, 0.4) is 0 Å². The summed E-state index contributed by atoms with van der Waals surface area (Å²) in [5.74, 6) is 0. The van der Waals surface area contributed by atoms with Crippen LogP contribution >= 0.6 is 12.2 Å². The molecule has 2 saturated heterocycles. The second kappa shape index (κ2) is 16.6. The van der Waals surface area contributed by atoms with Crippen LogP contribution in [0.25, 0.3) is 10.6 Å². The Hall–Kier alpha value is -0.796. The number of aliphatic imine (C=N–C) groups is 5.